The zero-order valence-electron chi connectivity index (χ0n) is 13.8. The van der Waals surface area contributed by atoms with Gasteiger partial charge in [-0.05, 0) is 67.1 Å². The molecule has 4 rings (SSSR count). The first-order valence-electron chi connectivity index (χ1n) is 8.57. The van der Waals surface area contributed by atoms with Crippen molar-refractivity contribution >= 4 is 29.1 Å². The quantitative estimate of drug-likeness (QED) is 0.874. The van der Waals surface area contributed by atoms with Gasteiger partial charge in [-0.25, -0.2) is 0 Å². The molecule has 2 aliphatic rings. The molecule has 128 valence electrons. The number of anilines is 1. The van der Waals surface area contributed by atoms with Crippen molar-refractivity contribution in [1.29, 1.82) is 0 Å². The number of halogens is 1. The second kappa shape index (κ2) is 6.19. The van der Waals surface area contributed by atoms with Crippen molar-refractivity contribution in [3.05, 3.63) is 64.2 Å². The summed E-state index contributed by atoms with van der Waals surface area (Å²) >= 11 is 5.99. The number of carbonyl (C=O) groups is 2. The Morgan fingerprint density at radius 3 is 2.52 bits per heavy atom. The minimum atomic E-state index is -0.300. The van der Waals surface area contributed by atoms with Crippen LogP contribution in [0.25, 0.3) is 0 Å². The van der Waals surface area contributed by atoms with Crippen molar-refractivity contribution in [3.8, 4) is 0 Å². The molecule has 0 aromatic heterocycles. The van der Waals surface area contributed by atoms with E-state index in [2.05, 4.69) is 10.6 Å². The van der Waals surface area contributed by atoms with Gasteiger partial charge in [-0.3, -0.25) is 9.59 Å². The van der Waals surface area contributed by atoms with Crippen LogP contribution in [0.3, 0.4) is 0 Å². The molecule has 1 heterocycles. The molecule has 0 atom stereocenters. The van der Waals surface area contributed by atoms with Crippen molar-refractivity contribution in [2.75, 3.05) is 5.32 Å². The molecule has 0 bridgehead atoms. The Balaban J connectivity index is 1.57. The van der Waals surface area contributed by atoms with Gasteiger partial charge in [0, 0.05) is 22.7 Å². The molecule has 2 amide bonds. The van der Waals surface area contributed by atoms with Crippen LogP contribution in [0.5, 0.6) is 0 Å². The number of hydrogen-bond donors (Lipinski definition) is 2. The van der Waals surface area contributed by atoms with Gasteiger partial charge in [-0.15, -0.1) is 0 Å². The highest BCUT2D eigenvalue weighted by molar-refractivity contribution is 6.30. The summed E-state index contributed by atoms with van der Waals surface area (Å²) in [4.78, 5) is 24.3. The van der Waals surface area contributed by atoms with Gasteiger partial charge in [0.1, 0.15) is 0 Å². The highest BCUT2D eigenvalue weighted by Gasteiger charge is 2.40. The van der Waals surface area contributed by atoms with E-state index in [4.69, 9.17) is 11.6 Å². The lowest BCUT2D eigenvalue weighted by molar-refractivity contribution is -0.116. The highest BCUT2D eigenvalue weighted by atomic mass is 35.5. The lowest BCUT2D eigenvalue weighted by atomic mass is 9.71. The molecule has 1 saturated carbocycles. The maximum atomic E-state index is 12.8. The second-order valence-corrected chi connectivity index (χ2v) is 7.25. The van der Waals surface area contributed by atoms with Crippen molar-refractivity contribution < 1.29 is 9.59 Å². The Morgan fingerprint density at radius 2 is 1.84 bits per heavy atom. The van der Waals surface area contributed by atoms with Crippen LogP contribution >= 0.6 is 11.6 Å². The predicted molar refractivity (Wildman–Crippen MR) is 97.8 cm³/mol. The molecule has 2 N–H and O–H groups in total. The molecule has 0 saturated heterocycles. The van der Waals surface area contributed by atoms with Crippen LogP contribution in [0.1, 0.15) is 47.2 Å². The molecule has 5 heteroatoms. The van der Waals surface area contributed by atoms with E-state index >= 15 is 0 Å². The third-order valence-corrected chi connectivity index (χ3v) is 5.47. The summed E-state index contributed by atoms with van der Waals surface area (Å²) in [5.74, 6) is -0.0461. The van der Waals surface area contributed by atoms with Gasteiger partial charge in [0.15, 0.2) is 0 Å². The van der Waals surface area contributed by atoms with E-state index in [1.54, 1.807) is 6.07 Å². The number of carbonyl (C=O) groups excluding carboxylic acids is 2. The van der Waals surface area contributed by atoms with Crippen molar-refractivity contribution in [1.82, 2.24) is 5.32 Å². The number of amides is 2. The van der Waals surface area contributed by atoms with Gasteiger partial charge in [0.25, 0.3) is 5.91 Å². The number of nitrogens with one attached hydrogen (secondary N) is 2. The van der Waals surface area contributed by atoms with E-state index in [-0.39, 0.29) is 17.4 Å². The van der Waals surface area contributed by atoms with Gasteiger partial charge in [-0.1, -0.05) is 23.7 Å². The summed E-state index contributed by atoms with van der Waals surface area (Å²) in [6, 6.07) is 13.2. The van der Waals surface area contributed by atoms with Crippen LogP contribution in [0.2, 0.25) is 5.02 Å². The minimum Gasteiger partial charge on any atom is -0.343 e. The Hall–Kier alpha value is -2.33. The van der Waals surface area contributed by atoms with Gasteiger partial charge < -0.3 is 10.6 Å². The van der Waals surface area contributed by atoms with Gasteiger partial charge in [0.2, 0.25) is 5.91 Å². The summed E-state index contributed by atoms with van der Waals surface area (Å²) < 4.78 is 0. The highest BCUT2D eigenvalue weighted by Crippen LogP contribution is 2.41. The molecule has 2 aromatic carbocycles. The normalized spacial score (nSPS) is 17.9. The van der Waals surface area contributed by atoms with Gasteiger partial charge in [0.05, 0.1) is 5.54 Å². The first-order chi connectivity index (χ1) is 12.1. The largest absolute Gasteiger partial charge is 0.343 e. The third kappa shape index (κ3) is 3.02. The molecule has 0 spiro atoms. The number of rotatable bonds is 3. The fourth-order valence-electron chi connectivity index (χ4n) is 3.60. The summed E-state index contributed by atoms with van der Waals surface area (Å²) in [5.41, 5.74) is 3.26. The SMILES string of the molecule is O=C1CCc2cc(C(=O)NC3(c4ccc(Cl)cc4)CCC3)ccc2N1. The molecule has 0 unspecified atom stereocenters. The number of benzene rings is 2. The average molecular weight is 355 g/mol. The maximum Gasteiger partial charge on any atom is 0.251 e. The van der Waals surface area contributed by atoms with E-state index in [9.17, 15) is 9.59 Å². The second-order valence-electron chi connectivity index (χ2n) is 6.82. The van der Waals surface area contributed by atoms with Crippen LogP contribution < -0.4 is 10.6 Å². The maximum absolute atomic E-state index is 12.8. The van der Waals surface area contributed by atoms with E-state index in [0.29, 0.717) is 23.4 Å². The zero-order valence-corrected chi connectivity index (χ0v) is 14.5. The van der Waals surface area contributed by atoms with Crippen molar-refractivity contribution in [2.45, 2.75) is 37.6 Å². The topological polar surface area (TPSA) is 58.2 Å². The standard InChI is InChI=1S/C20H19ClN2O2/c21-16-6-4-15(5-7-16)20(10-1-11-20)23-19(25)14-2-8-17-13(12-14)3-9-18(24)22-17/h2,4-8,12H,1,3,9-11H2,(H,22,24)(H,23,25). The monoisotopic (exact) mass is 354 g/mol. The molecule has 1 fully saturated rings. The van der Waals surface area contributed by atoms with E-state index < -0.39 is 0 Å². The van der Waals surface area contributed by atoms with Crippen LogP contribution in [0, 0.1) is 0 Å². The van der Waals surface area contributed by atoms with E-state index in [1.165, 1.54) is 0 Å². The van der Waals surface area contributed by atoms with E-state index in [0.717, 1.165) is 36.1 Å². The van der Waals surface area contributed by atoms with E-state index in [1.807, 2.05) is 36.4 Å². The lowest BCUT2D eigenvalue weighted by Gasteiger charge is -2.43. The first-order valence-corrected chi connectivity index (χ1v) is 8.95. The summed E-state index contributed by atoms with van der Waals surface area (Å²) in [6.45, 7) is 0. The lowest BCUT2D eigenvalue weighted by Crippen LogP contribution is -2.50. The summed E-state index contributed by atoms with van der Waals surface area (Å²) in [5, 5.41) is 6.77. The fraction of sp³-hybridized carbons (Fsp3) is 0.300. The molecule has 4 nitrogen and oxygen atoms in total. The zero-order chi connectivity index (χ0) is 17.4. The minimum absolute atomic E-state index is 0.0286. The third-order valence-electron chi connectivity index (χ3n) is 5.22. The Labute approximate surface area is 151 Å². The molecular weight excluding hydrogens is 336 g/mol. The smallest absolute Gasteiger partial charge is 0.251 e. The molecule has 0 radical (unpaired) electrons. The Morgan fingerprint density at radius 1 is 1.08 bits per heavy atom. The fourth-order valence-corrected chi connectivity index (χ4v) is 3.73. The Kier molecular flexibility index (Phi) is 4.00. The first kappa shape index (κ1) is 16.2. The molecule has 2 aromatic rings. The predicted octanol–water partition coefficient (Wildman–Crippen LogP) is 4.03. The van der Waals surface area contributed by atoms with Crippen LogP contribution in [0.15, 0.2) is 42.5 Å². The molecular formula is C20H19ClN2O2. The number of hydrogen-bond acceptors (Lipinski definition) is 2. The summed E-state index contributed by atoms with van der Waals surface area (Å²) in [7, 11) is 0. The van der Waals surface area contributed by atoms with Crippen molar-refractivity contribution in [2.24, 2.45) is 0 Å². The van der Waals surface area contributed by atoms with Gasteiger partial charge >= 0.3 is 0 Å². The summed E-state index contributed by atoms with van der Waals surface area (Å²) in [6.07, 6.45) is 4.10. The van der Waals surface area contributed by atoms with Crippen LogP contribution in [0.4, 0.5) is 5.69 Å². The molecule has 1 aliphatic carbocycles. The molecule has 25 heavy (non-hydrogen) atoms. The van der Waals surface area contributed by atoms with Crippen molar-refractivity contribution in [3.63, 3.8) is 0 Å². The molecule has 1 aliphatic heterocycles. The Bertz CT molecular complexity index is 841. The number of fused-ring (bicyclic) bond motifs is 1. The van der Waals surface area contributed by atoms with Crippen LogP contribution in [-0.4, -0.2) is 11.8 Å². The number of aryl methyl sites for hydroxylation is 1. The average Bonchev–Trinajstić information content (AvgIpc) is 2.58. The van der Waals surface area contributed by atoms with Gasteiger partial charge in [-0.2, -0.15) is 0 Å². The van der Waals surface area contributed by atoms with Crippen LogP contribution in [-0.2, 0) is 16.8 Å².